The molecule has 2 heteroatoms. The van der Waals surface area contributed by atoms with Gasteiger partial charge in [-0.25, -0.2) is 0 Å². The molecule has 1 saturated carbocycles. The van der Waals surface area contributed by atoms with Crippen LogP contribution in [-0.4, -0.2) is 5.78 Å². The van der Waals surface area contributed by atoms with E-state index in [0.717, 1.165) is 12.8 Å². The SMILES string of the molecule is C1CCCCC1.CCCCCC(=O)Cc1cccs1. The lowest BCUT2D eigenvalue weighted by Gasteiger charge is -2.05. The van der Waals surface area contributed by atoms with Gasteiger partial charge in [-0.15, -0.1) is 11.3 Å². The number of hydrogen-bond acceptors (Lipinski definition) is 2. The van der Waals surface area contributed by atoms with Gasteiger partial charge in [0, 0.05) is 17.7 Å². The Hall–Kier alpha value is -0.630. The Morgan fingerprint density at radius 3 is 2.21 bits per heavy atom. The molecular formula is C17H28OS. The van der Waals surface area contributed by atoms with E-state index in [9.17, 15) is 4.79 Å². The number of carbonyl (C=O) groups is 1. The van der Waals surface area contributed by atoms with Crippen molar-refractivity contribution in [1.29, 1.82) is 0 Å². The van der Waals surface area contributed by atoms with Gasteiger partial charge in [0.25, 0.3) is 0 Å². The van der Waals surface area contributed by atoms with Crippen LogP contribution in [0.4, 0.5) is 0 Å². The minimum absolute atomic E-state index is 0.385. The number of thiophene rings is 1. The first kappa shape index (κ1) is 16.4. The van der Waals surface area contributed by atoms with Crippen molar-refractivity contribution in [3.05, 3.63) is 22.4 Å². The molecule has 108 valence electrons. The van der Waals surface area contributed by atoms with Crippen molar-refractivity contribution in [2.24, 2.45) is 0 Å². The maximum atomic E-state index is 11.4. The molecule has 1 aliphatic carbocycles. The van der Waals surface area contributed by atoms with Crippen LogP contribution in [0.2, 0.25) is 0 Å². The summed E-state index contributed by atoms with van der Waals surface area (Å²) < 4.78 is 0. The van der Waals surface area contributed by atoms with Crippen molar-refractivity contribution in [3.8, 4) is 0 Å². The highest BCUT2D eigenvalue weighted by molar-refractivity contribution is 7.10. The number of Topliss-reactive ketones (excluding diaryl/α,β-unsaturated/α-hetero) is 1. The molecule has 0 spiro atoms. The third kappa shape index (κ3) is 8.99. The van der Waals surface area contributed by atoms with Gasteiger partial charge in [-0.3, -0.25) is 4.79 Å². The van der Waals surface area contributed by atoms with Crippen LogP contribution in [0.15, 0.2) is 17.5 Å². The smallest absolute Gasteiger partial charge is 0.138 e. The van der Waals surface area contributed by atoms with Crippen LogP contribution in [0.5, 0.6) is 0 Å². The molecule has 0 atom stereocenters. The van der Waals surface area contributed by atoms with Crippen molar-refractivity contribution < 1.29 is 4.79 Å². The van der Waals surface area contributed by atoms with Gasteiger partial charge in [0.1, 0.15) is 5.78 Å². The molecule has 0 aliphatic heterocycles. The normalized spacial score (nSPS) is 14.6. The van der Waals surface area contributed by atoms with E-state index in [0.29, 0.717) is 12.2 Å². The van der Waals surface area contributed by atoms with Gasteiger partial charge in [0.2, 0.25) is 0 Å². The number of ketones is 1. The minimum atomic E-state index is 0.385. The zero-order valence-corrected chi connectivity index (χ0v) is 13.1. The Morgan fingerprint density at radius 2 is 1.74 bits per heavy atom. The van der Waals surface area contributed by atoms with Crippen LogP contribution in [0.3, 0.4) is 0 Å². The lowest BCUT2D eigenvalue weighted by Crippen LogP contribution is -2.00. The second kappa shape index (κ2) is 11.2. The van der Waals surface area contributed by atoms with Gasteiger partial charge in [0.15, 0.2) is 0 Å². The maximum absolute atomic E-state index is 11.4. The zero-order valence-electron chi connectivity index (χ0n) is 12.3. The van der Waals surface area contributed by atoms with Crippen LogP contribution in [0, 0.1) is 0 Å². The summed E-state index contributed by atoms with van der Waals surface area (Å²) in [5.74, 6) is 0.385. The molecule has 0 bridgehead atoms. The number of rotatable bonds is 6. The lowest BCUT2D eigenvalue weighted by atomic mass is 10.0. The maximum Gasteiger partial charge on any atom is 0.138 e. The summed E-state index contributed by atoms with van der Waals surface area (Å²) in [5, 5.41) is 2.02. The fraction of sp³-hybridized carbons (Fsp3) is 0.706. The summed E-state index contributed by atoms with van der Waals surface area (Å²) in [5.41, 5.74) is 0. The standard InChI is InChI=1S/C11H16OS.C6H12/c1-2-3-4-6-10(12)9-11-7-5-8-13-11;1-2-4-6-5-3-1/h5,7-8H,2-4,6,9H2,1H3;1-6H2. The van der Waals surface area contributed by atoms with Gasteiger partial charge >= 0.3 is 0 Å². The van der Waals surface area contributed by atoms with Crippen molar-refractivity contribution in [2.75, 3.05) is 0 Å². The second-order valence-corrected chi connectivity index (χ2v) is 6.41. The lowest BCUT2D eigenvalue weighted by molar-refractivity contribution is -0.118. The Bertz CT molecular complexity index is 301. The molecule has 1 fully saturated rings. The minimum Gasteiger partial charge on any atom is -0.299 e. The summed E-state index contributed by atoms with van der Waals surface area (Å²) >= 11 is 1.67. The molecule has 0 saturated heterocycles. The summed E-state index contributed by atoms with van der Waals surface area (Å²) in [4.78, 5) is 12.6. The molecule has 1 aliphatic rings. The van der Waals surface area contributed by atoms with E-state index in [2.05, 4.69) is 6.92 Å². The highest BCUT2D eigenvalue weighted by atomic mass is 32.1. The number of carbonyl (C=O) groups excluding carboxylic acids is 1. The van der Waals surface area contributed by atoms with Crippen LogP contribution in [0.25, 0.3) is 0 Å². The summed E-state index contributed by atoms with van der Waals surface area (Å²) in [7, 11) is 0. The van der Waals surface area contributed by atoms with Crippen molar-refractivity contribution in [3.63, 3.8) is 0 Å². The number of unbranched alkanes of at least 4 members (excludes halogenated alkanes) is 2. The third-order valence-corrected chi connectivity index (χ3v) is 4.39. The predicted molar refractivity (Wildman–Crippen MR) is 84.9 cm³/mol. The summed E-state index contributed by atoms with van der Waals surface area (Å²) in [6, 6.07) is 4.03. The molecule has 0 unspecified atom stereocenters. The van der Waals surface area contributed by atoms with Crippen molar-refractivity contribution >= 4 is 17.1 Å². The quantitative estimate of drug-likeness (QED) is 0.604. The molecule has 0 amide bonds. The highest BCUT2D eigenvalue weighted by Crippen LogP contribution is 2.15. The van der Waals surface area contributed by atoms with Crippen LogP contribution >= 0.6 is 11.3 Å². The molecule has 1 aromatic rings. The van der Waals surface area contributed by atoms with Crippen LogP contribution in [0.1, 0.15) is 76.0 Å². The molecule has 1 nitrogen and oxygen atoms in total. The third-order valence-electron chi connectivity index (χ3n) is 3.51. The van der Waals surface area contributed by atoms with Gasteiger partial charge in [-0.2, -0.15) is 0 Å². The summed E-state index contributed by atoms with van der Waals surface area (Å²) in [6.45, 7) is 2.16. The Kier molecular flexibility index (Phi) is 9.70. The molecule has 0 radical (unpaired) electrons. The first-order chi connectivity index (χ1) is 9.33. The molecule has 0 N–H and O–H groups in total. The van der Waals surface area contributed by atoms with Crippen LogP contribution in [-0.2, 0) is 11.2 Å². The topological polar surface area (TPSA) is 17.1 Å². The van der Waals surface area contributed by atoms with Gasteiger partial charge < -0.3 is 0 Å². The fourth-order valence-electron chi connectivity index (χ4n) is 2.33. The van der Waals surface area contributed by atoms with Gasteiger partial charge in [0.05, 0.1) is 0 Å². The molecule has 1 aromatic heterocycles. The zero-order chi connectivity index (χ0) is 13.8. The monoisotopic (exact) mass is 280 g/mol. The molecule has 1 heterocycles. The highest BCUT2D eigenvalue weighted by Gasteiger charge is 2.03. The van der Waals surface area contributed by atoms with E-state index in [-0.39, 0.29) is 0 Å². The van der Waals surface area contributed by atoms with E-state index < -0.39 is 0 Å². The fourth-order valence-corrected chi connectivity index (χ4v) is 3.06. The first-order valence-corrected chi connectivity index (χ1v) is 8.75. The Labute approximate surface area is 122 Å². The van der Waals surface area contributed by atoms with Crippen molar-refractivity contribution in [1.82, 2.24) is 0 Å². The van der Waals surface area contributed by atoms with Crippen molar-refractivity contribution in [2.45, 2.75) is 77.6 Å². The average Bonchev–Trinajstić information content (AvgIpc) is 2.94. The van der Waals surface area contributed by atoms with E-state index in [4.69, 9.17) is 0 Å². The van der Waals surface area contributed by atoms with Gasteiger partial charge in [-0.05, 0) is 17.9 Å². The predicted octanol–water partition coefficient (Wildman–Crippen LogP) is 5.78. The molecule has 2 rings (SSSR count). The van der Waals surface area contributed by atoms with E-state index in [1.165, 1.54) is 56.2 Å². The largest absolute Gasteiger partial charge is 0.299 e. The Morgan fingerprint density at radius 1 is 1.11 bits per heavy atom. The van der Waals surface area contributed by atoms with E-state index in [1.54, 1.807) is 11.3 Å². The molecule has 0 aromatic carbocycles. The van der Waals surface area contributed by atoms with Crippen LogP contribution < -0.4 is 0 Å². The van der Waals surface area contributed by atoms with E-state index in [1.807, 2.05) is 17.5 Å². The van der Waals surface area contributed by atoms with Gasteiger partial charge in [-0.1, -0.05) is 64.4 Å². The molecular weight excluding hydrogens is 252 g/mol. The average molecular weight is 280 g/mol. The number of hydrogen-bond donors (Lipinski definition) is 0. The second-order valence-electron chi connectivity index (χ2n) is 5.37. The first-order valence-electron chi connectivity index (χ1n) is 7.87. The summed E-state index contributed by atoms with van der Waals surface area (Å²) in [6.07, 6.45) is 13.8. The molecule has 19 heavy (non-hydrogen) atoms. The Balaban J connectivity index is 0.000000250. The van der Waals surface area contributed by atoms with E-state index >= 15 is 0 Å².